The summed E-state index contributed by atoms with van der Waals surface area (Å²) in [4.78, 5) is 3.81. The molecular formula is C11H14N4O2S. The number of rotatable bonds is 3. The predicted octanol–water partition coefficient (Wildman–Crippen LogP) is -0.0164. The molecule has 0 radical (unpaired) electrons. The van der Waals surface area contributed by atoms with Gasteiger partial charge in [0.05, 0.1) is 11.6 Å². The fraction of sp³-hybridized carbons (Fsp3) is 0.455. The van der Waals surface area contributed by atoms with Crippen LogP contribution < -0.4 is 10.0 Å². The minimum absolute atomic E-state index is 0.0659. The number of hydrogen-bond donors (Lipinski definition) is 2. The number of nitrogens with one attached hydrogen (secondary N) is 2. The highest BCUT2D eigenvalue weighted by molar-refractivity contribution is 7.89. The fourth-order valence-corrected chi connectivity index (χ4v) is 3.12. The SMILES string of the molecule is N#Cc1ccnc(S(=O)(=O)NC2CCNCC2)c1. The largest absolute Gasteiger partial charge is 0.317 e. The number of pyridine rings is 1. The van der Waals surface area contributed by atoms with Crippen molar-refractivity contribution in [3.05, 3.63) is 23.9 Å². The van der Waals surface area contributed by atoms with E-state index in [1.54, 1.807) is 0 Å². The van der Waals surface area contributed by atoms with E-state index in [-0.39, 0.29) is 16.6 Å². The average Bonchev–Trinajstić information content (AvgIpc) is 2.39. The molecule has 0 aromatic carbocycles. The highest BCUT2D eigenvalue weighted by atomic mass is 32.2. The Morgan fingerprint density at radius 3 is 2.83 bits per heavy atom. The molecule has 0 bridgehead atoms. The van der Waals surface area contributed by atoms with Crippen LogP contribution in [-0.2, 0) is 10.0 Å². The summed E-state index contributed by atoms with van der Waals surface area (Å²) in [5.41, 5.74) is 0.288. The normalized spacial score (nSPS) is 17.3. The first kappa shape index (κ1) is 13.0. The van der Waals surface area contributed by atoms with Crippen molar-refractivity contribution in [1.29, 1.82) is 5.26 Å². The lowest BCUT2D eigenvalue weighted by atomic mass is 10.1. The van der Waals surface area contributed by atoms with E-state index < -0.39 is 10.0 Å². The molecule has 0 aliphatic carbocycles. The van der Waals surface area contributed by atoms with Gasteiger partial charge in [-0.2, -0.15) is 5.26 Å². The maximum atomic E-state index is 12.1. The van der Waals surface area contributed by atoms with Crippen LogP contribution in [0, 0.1) is 11.3 Å². The molecular weight excluding hydrogens is 252 g/mol. The van der Waals surface area contributed by atoms with Gasteiger partial charge in [-0.3, -0.25) is 0 Å². The monoisotopic (exact) mass is 266 g/mol. The van der Waals surface area contributed by atoms with Crippen molar-refractivity contribution >= 4 is 10.0 Å². The summed E-state index contributed by atoms with van der Waals surface area (Å²) in [5.74, 6) is 0. The Kier molecular flexibility index (Phi) is 3.91. The number of aromatic nitrogens is 1. The Morgan fingerprint density at radius 1 is 1.44 bits per heavy atom. The Hall–Kier alpha value is -1.49. The number of nitriles is 1. The van der Waals surface area contributed by atoms with Crippen molar-refractivity contribution in [3.8, 4) is 6.07 Å². The van der Waals surface area contributed by atoms with Crippen molar-refractivity contribution in [3.63, 3.8) is 0 Å². The third kappa shape index (κ3) is 3.04. The summed E-state index contributed by atoms with van der Waals surface area (Å²) in [6.07, 6.45) is 2.85. The van der Waals surface area contributed by atoms with E-state index in [2.05, 4.69) is 15.0 Å². The van der Waals surface area contributed by atoms with Gasteiger partial charge in [0.2, 0.25) is 0 Å². The highest BCUT2D eigenvalue weighted by Gasteiger charge is 2.22. The molecule has 1 aliphatic heterocycles. The quantitative estimate of drug-likeness (QED) is 0.802. The molecule has 1 aromatic rings. The number of hydrogen-bond acceptors (Lipinski definition) is 5. The predicted molar refractivity (Wildman–Crippen MR) is 65.2 cm³/mol. The van der Waals surface area contributed by atoms with Gasteiger partial charge in [0.1, 0.15) is 0 Å². The van der Waals surface area contributed by atoms with E-state index in [0.717, 1.165) is 25.9 Å². The first-order valence-corrected chi connectivity index (χ1v) is 7.19. The van der Waals surface area contributed by atoms with Gasteiger partial charge in [-0.25, -0.2) is 18.1 Å². The van der Waals surface area contributed by atoms with Gasteiger partial charge in [-0.15, -0.1) is 0 Å². The summed E-state index contributed by atoms with van der Waals surface area (Å²) < 4.78 is 26.8. The zero-order valence-electron chi connectivity index (χ0n) is 9.76. The minimum atomic E-state index is -3.63. The summed E-state index contributed by atoms with van der Waals surface area (Å²) in [7, 11) is -3.63. The van der Waals surface area contributed by atoms with Crippen LogP contribution in [0.15, 0.2) is 23.4 Å². The second-order valence-corrected chi connectivity index (χ2v) is 5.80. The topological polar surface area (TPSA) is 94.9 Å². The smallest absolute Gasteiger partial charge is 0.258 e. The van der Waals surface area contributed by atoms with E-state index in [1.165, 1.54) is 18.3 Å². The van der Waals surface area contributed by atoms with Gasteiger partial charge in [0.25, 0.3) is 10.0 Å². The third-order valence-electron chi connectivity index (χ3n) is 2.80. The molecule has 1 saturated heterocycles. The third-order valence-corrected chi connectivity index (χ3v) is 4.22. The summed E-state index contributed by atoms with van der Waals surface area (Å²) in [5, 5.41) is 11.8. The first-order chi connectivity index (χ1) is 8.62. The van der Waals surface area contributed by atoms with Crippen LogP contribution in [0.5, 0.6) is 0 Å². The summed E-state index contributed by atoms with van der Waals surface area (Å²) in [6, 6.07) is 4.59. The Bertz CT molecular complexity index is 559. The van der Waals surface area contributed by atoms with E-state index >= 15 is 0 Å². The molecule has 0 spiro atoms. The molecule has 1 aromatic heterocycles. The molecule has 0 amide bonds. The summed E-state index contributed by atoms with van der Waals surface area (Å²) in [6.45, 7) is 1.61. The van der Waals surface area contributed by atoms with Crippen LogP contribution in [0.3, 0.4) is 0 Å². The van der Waals surface area contributed by atoms with Crippen LogP contribution in [0.4, 0.5) is 0 Å². The van der Waals surface area contributed by atoms with Crippen molar-refractivity contribution in [1.82, 2.24) is 15.0 Å². The maximum absolute atomic E-state index is 12.1. The molecule has 0 saturated carbocycles. The molecule has 6 nitrogen and oxygen atoms in total. The van der Waals surface area contributed by atoms with Crippen LogP contribution in [0.25, 0.3) is 0 Å². The van der Waals surface area contributed by atoms with E-state index in [4.69, 9.17) is 5.26 Å². The van der Waals surface area contributed by atoms with Gasteiger partial charge in [0.15, 0.2) is 5.03 Å². The molecule has 1 aliphatic rings. The molecule has 1 fully saturated rings. The van der Waals surface area contributed by atoms with E-state index in [9.17, 15) is 8.42 Å². The molecule has 2 N–H and O–H groups in total. The summed E-state index contributed by atoms with van der Waals surface area (Å²) >= 11 is 0. The fourth-order valence-electron chi connectivity index (χ4n) is 1.85. The molecule has 7 heteroatoms. The van der Waals surface area contributed by atoms with Gasteiger partial charge >= 0.3 is 0 Å². The Morgan fingerprint density at radius 2 is 2.17 bits per heavy atom. The lowest BCUT2D eigenvalue weighted by Crippen LogP contribution is -2.42. The van der Waals surface area contributed by atoms with E-state index in [0.29, 0.717) is 0 Å². The molecule has 18 heavy (non-hydrogen) atoms. The van der Waals surface area contributed by atoms with Gasteiger partial charge < -0.3 is 5.32 Å². The van der Waals surface area contributed by atoms with Crippen molar-refractivity contribution in [2.24, 2.45) is 0 Å². The van der Waals surface area contributed by atoms with Crippen molar-refractivity contribution in [2.45, 2.75) is 23.9 Å². The van der Waals surface area contributed by atoms with Gasteiger partial charge in [-0.1, -0.05) is 0 Å². The van der Waals surface area contributed by atoms with Crippen LogP contribution in [0.2, 0.25) is 0 Å². The van der Waals surface area contributed by atoms with Crippen LogP contribution in [0.1, 0.15) is 18.4 Å². The van der Waals surface area contributed by atoms with Crippen LogP contribution in [-0.4, -0.2) is 32.5 Å². The van der Waals surface area contributed by atoms with Gasteiger partial charge in [-0.05, 0) is 38.1 Å². The number of piperidine rings is 1. The second-order valence-electron chi connectivity index (χ2n) is 4.14. The highest BCUT2D eigenvalue weighted by Crippen LogP contribution is 2.11. The van der Waals surface area contributed by atoms with E-state index in [1.807, 2.05) is 6.07 Å². The van der Waals surface area contributed by atoms with Gasteiger partial charge in [0, 0.05) is 12.2 Å². The second kappa shape index (κ2) is 5.44. The zero-order chi connectivity index (χ0) is 13.0. The van der Waals surface area contributed by atoms with Crippen molar-refractivity contribution in [2.75, 3.05) is 13.1 Å². The first-order valence-electron chi connectivity index (χ1n) is 5.71. The van der Waals surface area contributed by atoms with Crippen LogP contribution >= 0.6 is 0 Å². The zero-order valence-corrected chi connectivity index (χ0v) is 10.6. The minimum Gasteiger partial charge on any atom is -0.317 e. The molecule has 0 atom stereocenters. The number of nitrogens with zero attached hydrogens (tertiary/aromatic N) is 2. The Balaban J connectivity index is 2.17. The standard InChI is InChI=1S/C11H14N4O2S/c12-8-9-1-6-14-11(7-9)18(16,17)15-10-2-4-13-5-3-10/h1,6-7,10,13,15H,2-5H2. The molecule has 0 unspecified atom stereocenters. The maximum Gasteiger partial charge on any atom is 0.258 e. The lowest BCUT2D eigenvalue weighted by Gasteiger charge is -2.23. The average molecular weight is 266 g/mol. The van der Waals surface area contributed by atoms with Crippen molar-refractivity contribution < 1.29 is 8.42 Å². The number of sulfonamides is 1. The lowest BCUT2D eigenvalue weighted by molar-refractivity contribution is 0.426. The molecule has 2 rings (SSSR count). The Labute approximate surface area is 106 Å². The molecule has 2 heterocycles. The molecule has 96 valence electrons.